The van der Waals surface area contributed by atoms with Crippen LogP contribution in [0, 0.1) is 0 Å². The number of hydrogen-bond acceptors (Lipinski definition) is 3. The van der Waals surface area contributed by atoms with Crippen molar-refractivity contribution in [1.29, 1.82) is 0 Å². The molecule has 1 aromatic heterocycles. The van der Waals surface area contributed by atoms with E-state index in [4.69, 9.17) is 0 Å². The second kappa shape index (κ2) is 3.01. The fourth-order valence-electron chi connectivity index (χ4n) is 1.35. The molecule has 13 heavy (non-hydrogen) atoms. The average Bonchev–Trinajstić information content (AvgIpc) is 2.17. The van der Waals surface area contributed by atoms with Gasteiger partial charge in [0.2, 0.25) is 0 Å². The van der Waals surface area contributed by atoms with Gasteiger partial charge in [0.15, 0.2) is 0 Å². The van der Waals surface area contributed by atoms with Gasteiger partial charge in [-0.15, -0.1) is 0 Å². The van der Waals surface area contributed by atoms with Gasteiger partial charge in [-0.05, 0) is 12.1 Å². The van der Waals surface area contributed by atoms with Crippen molar-refractivity contribution in [2.24, 2.45) is 0 Å². The lowest BCUT2D eigenvalue weighted by atomic mass is 10.2. The normalized spacial score (nSPS) is 10.3. The summed E-state index contributed by atoms with van der Waals surface area (Å²) in [6.45, 7) is 0. The van der Waals surface area contributed by atoms with Crippen LogP contribution >= 0.6 is 0 Å². The summed E-state index contributed by atoms with van der Waals surface area (Å²) in [7, 11) is 3.96. The molecular weight excluding hydrogens is 162 g/mol. The molecule has 3 heteroatoms. The average molecular weight is 173 g/mol. The summed E-state index contributed by atoms with van der Waals surface area (Å²) in [6.07, 6.45) is 1.59. The van der Waals surface area contributed by atoms with E-state index >= 15 is 0 Å². The van der Waals surface area contributed by atoms with Crippen molar-refractivity contribution in [3.63, 3.8) is 0 Å². The first kappa shape index (κ1) is 7.98. The second-order valence-electron chi connectivity index (χ2n) is 3.11. The van der Waals surface area contributed by atoms with E-state index in [0.29, 0.717) is 0 Å². The van der Waals surface area contributed by atoms with Gasteiger partial charge in [0.1, 0.15) is 12.1 Å². The molecule has 1 heterocycles. The quantitative estimate of drug-likeness (QED) is 0.657. The molecule has 0 amide bonds. The predicted octanol–water partition coefficient (Wildman–Crippen LogP) is 1.70. The summed E-state index contributed by atoms with van der Waals surface area (Å²) in [5, 5.41) is 1.09. The third-order valence-corrected chi connectivity index (χ3v) is 1.95. The highest BCUT2D eigenvalue weighted by Gasteiger charge is 2.02. The molecule has 0 spiro atoms. The molecule has 0 aliphatic heterocycles. The van der Waals surface area contributed by atoms with Crippen LogP contribution in [-0.4, -0.2) is 24.1 Å². The van der Waals surface area contributed by atoms with Gasteiger partial charge in [-0.25, -0.2) is 9.97 Å². The smallest absolute Gasteiger partial charge is 0.139 e. The van der Waals surface area contributed by atoms with Gasteiger partial charge in [0.25, 0.3) is 0 Å². The molecule has 0 N–H and O–H groups in total. The molecule has 0 saturated carbocycles. The molecule has 3 nitrogen and oxygen atoms in total. The first-order chi connectivity index (χ1) is 6.29. The maximum atomic E-state index is 4.22. The molecule has 0 radical (unpaired) electrons. The topological polar surface area (TPSA) is 29.0 Å². The highest BCUT2D eigenvalue weighted by atomic mass is 15.1. The minimum absolute atomic E-state index is 0.964. The standard InChI is InChI=1S/C10H11N3/c1-13(2)10-8-5-3-4-6-9(8)11-7-12-10/h3-7H,1-2H3. The Morgan fingerprint density at radius 3 is 2.62 bits per heavy atom. The summed E-state index contributed by atoms with van der Waals surface area (Å²) < 4.78 is 0. The number of anilines is 1. The van der Waals surface area contributed by atoms with Crippen molar-refractivity contribution >= 4 is 16.7 Å². The van der Waals surface area contributed by atoms with E-state index < -0.39 is 0 Å². The lowest BCUT2D eigenvalue weighted by molar-refractivity contribution is 1.06. The molecule has 0 atom stereocenters. The van der Waals surface area contributed by atoms with Crippen LogP contribution in [0.2, 0.25) is 0 Å². The van der Waals surface area contributed by atoms with E-state index in [-0.39, 0.29) is 0 Å². The summed E-state index contributed by atoms with van der Waals surface area (Å²) in [5.41, 5.74) is 0.987. The highest BCUT2D eigenvalue weighted by Crippen LogP contribution is 2.19. The molecule has 0 aliphatic carbocycles. The molecule has 0 fully saturated rings. The van der Waals surface area contributed by atoms with Crippen LogP contribution in [0.1, 0.15) is 0 Å². The van der Waals surface area contributed by atoms with Gasteiger partial charge in [0, 0.05) is 19.5 Å². The van der Waals surface area contributed by atoms with Gasteiger partial charge < -0.3 is 4.90 Å². The number of aromatic nitrogens is 2. The Morgan fingerprint density at radius 2 is 1.85 bits per heavy atom. The fraction of sp³-hybridized carbons (Fsp3) is 0.200. The first-order valence-corrected chi connectivity index (χ1v) is 4.16. The SMILES string of the molecule is CN(C)c1ncnc2ccccc12. The molecule has 1 aromatic carbocycles. The molecule has 2 rings (SSSR count). The van der Waals surface area contributed by atoms with Gasteiger partial charge >= 0.3 is 0 Å². The number of fused-ring (bicyclic) bond motifs is 1. The second-order valence-corrected chi connectivity index (χ2v) is 3.11. The lowest BCUT2D eigenvalue weighted by Gasteiger charge is -2.12. The highest BCUT2D eigenvalue weighted by molar-refractivity contribution is 5.88. The van der Waals surface area contributed by atoms with E-state index in [0.717, 1.165) is 16.7 Å². The number of hydrogen-bond donors (Lipinski definition) is 0. The minimum atomic E-state index is 0.964. The Bertz CT molecular complexity index is 418. The molecular formula is C10H11N3. The van der Waals surface area contributed by atoms with Crippen LogP contribution in [0.3, 0.4) is 0 Å². The van der Waals surface area contributed by atoms with Crippen molar-refractivity contribution in [2.45, 2.75) is 0 Å². The summed E-state index contributed by atoms with van der Waals surface area (Å²) in [5.74, 6) is 0.964. The fourth-order valence-corrected chi connectivity index (χ4v) is 1.35. The van der Waals surface area contributed by atoms with Gasteiger partial charge in [-0.3, -0.25) is 0 Å². The third kappa shape index (κ3) is 1.33. The monoisotopic (exact) mass is 173 g/mol. The summed E-state index contributed by atoms with van der Waals surface area (Å²) in [6, 6.07) is 8.00. The van der Waals surface area contributed by atoms with Crippen molar-refractivity contribution < 1.29 is 0 Å². The zero-order chi connectivity index (χ0) is 9.26. The van der Waals surface area contributed by atoms with E-state index in [1.54, 1.807) is 6.33 Å². The van der Waals surface area contributed by atoms with E-state index in [1.807, 2.05) is 43.3 Å². The van der Waals surface area contributed by atoms with E-state index in [2.05, 4.69) is 9.97 Å². The zero-order valence-corrected chi connectivity index (χ0v) is 7.73. The molecule has 0 saturated heterocycles. The Labute approximate surface area is 77.0 Å². The Hall–Kier alpha value is -1.64. The summed E-state index contributed by atoms with van der Waals surface area (Å²) in [4.78, 5) is 10.4. The number of para-hydroxylation sites is 1. The van der Waals surface area contributed by atoms with E-state index in [9.17, 15) is 0 Å². The zero-order valence-electron chi connectivity index (χ0n) is 7.73. The number of benzene rings is 1. The van der Waals surface area contributed by atoms with Crippen LogP contribution in [0.5, 0.6) is 0 Å². The van der Waals surface area contributed by atoms with Crippen LogP contribution in [-0.2, 0) is 0 Å². The van der Waals surface area contributed by atoms with Crippen LogP contribution in [0.4, 0.5) is 5.82 Å². The van der Waals surface area contributed by atoms with Crippen molar-refractivity contribution in [1.82, 2.24) is 9.97 Å². The molecule has 0 aliphatic rings. The lowest BCUT2D eigenvalue weighted by Crippen LogP contribution is -2.11. The molecule has 0 unspecified atom stereocenters. The largest absolute Gasteiger partial charge is 0.362 e. The van der Waals surface area contributed by atoms with Crippen molar-refractivity contribution in [3.8, 4) is 0 Å². The molecule has 66 valence electrons. The Morgan fingerprint density at radius 1 is 1.08 bits per heavy atom. The maximum Gasteiger partial charge on any atom is 0.139 e. The van der Waals surface area contributed by atoms with Gasteiger partial charge in [0.05, 0.1) is 5.52 Å². The van der Waals surface area contributed by atoms with Crippen LogP contribution < -0.4 is 4.90 Å². The minimum Gasteiger partial charge on any atom is -0.362 e. The molecule has 2 aromatic rings. The Balaban J connectivity index is 2.76. The number of rotatable bonds is 1. The van der Waals surface area contributed by atoms with Crippen LogP contribution in [0.25, 0.3) is 10.9 Å². The van der Waals surface area contributed by atoms with Crippen molar-refractivity contribution in [3.05, 3.63) is 30.6 Å². The predicted molar refractivity (Wildman–Crippen MR) is 53.9 cm³/mol. The van der Waals surface area contributed by atoms with Crippen LogP contribution in [0.15, 0.2) is 30.6 Å². The molecule has 0 bridgehead atoms. The first-order valence-electron chi connectivity index (χ1n) is 4.16. The van der Waals surface area contributed by atoms with Crippen molar-refractivity contribution in [2.75, 3.05) is 19.0 Å². The van der Waals surface area contributed by atoms with E-state index in [1.165, 1.54) is 0 Å². The van der Waals surface area contributed by atoms with Gasteiger partial charge in [-0.2, -0.15) is 0 Å². The third-order valence-electron chi connectivity index (χ3n) is 1.95. The van der Waals surface area contributed by atoms with Gasteiger partial charge in [-0.1, -0.05) is 12.1 Å². The number of nitrogens with zero attached hydrogens (tertiary/aromatic N) is 3. The summed E-state index contributed by atoms with van der Waals surface area (Å²) >= 11 is 0. The Kier molecular flexibility index (Phi) is 1.85. The maximum absolute atomic E-state index is 4.22.